The number of H-pyrrole nitrogens is 1. The van der Waals surface area contributed by atoms with E-state index in [2.05, 4.69) is 15.3 Å². The molecule has 0 atom stereocenters. The molecule has 0 unspecified atom stereocenters. The van der Waals surface area contributed by atoms with Gasteiger partial charge in [-0.3, -0.25) is 4.79 Å². The first-order valence-corrected chi connectivity index (χ1v) is 7.57. The Morgan fingerprint density at radius 2 is 2.09 bits per heavy atom. The molecule has 3 rings (SSSR count). The molecule has 3 aromatic rings. The number of aromatic amines is 1. The van der Waals surface area contributed by atoms with Crippen molar-refractivity contribution in [2.75, 3.05) is 12.4 Å². The van der Waals surface area contributed by atoms with Crippen molar-refractivity contribution in [1.29, 1.82) is 0 Å². The highest BCUT2D eigenvalue weighted by atomic mass is 35.5. The summed E-state index contributed by atoms with van der Waals surface area (Å²) >= 11 is 12.3. The van der Waals surface area contributed by atoms with Crippen LogP contribution >= 0.6 is 23.2 Å². The highest BCUT2D eigenvalue weighted by Crippen LogP contribution is 2.32. The molecular weight excluding hydrogens is 337 g/mol. The molecule has 0 aliphatic heterocycles. The van der Waals surface area contributed by atoms with Gasteiger partial charge in [0.1, 0.15) is 5.75 Å². The molecule has 0 fully saturated rings. The van der Waals surface area contributed by atoms with Gasteiger partial charge in [-0.05, 0) is 29.8 Å². The second-order valence-corrected chi connectivity index (χ2v) is 5.71. The summed E-state index contributed by atoms with van der Waals surface area (Å²) in [6.45, 7) is 0.463. The Balaban J connectivity index is 1.86. The van der Waals surface area contributed by atoms with E-state index in [1.54, 1.807) is 31.4 Å². The van der Waals surface area contributed by atoms with Crippen molar-refractivity contribution in [2.24, 2.45) is 0 Å². The average molecular weight is 350 g/mol. The van der Waals surface area contributed by atoms with Crippen LogP contribution in [-0.4, -0.2) is 17.1 Å². The molecule has 2 aromatic carbocycles. The average Bonchev–Trinajstić information content (AvgIpc) is 2.55. The van der Waals surface area contributed by atoms with Gasteiger partial charge in [0, 0.05) is 23.3 Å². The first-order valence-electron chi connectivity index (χ1n) is 6.81. The number of hydrogen-bond donors (Lipinski definition) is 2. The number of ether oxygens (including phenoxy) is 1. The van der Waals surface area contributed by atoms with E-state index in [-0.39, 0.29) is 5.56 Å². The fourth-order valence-corrected chi connectivity index (χ4v) is 2.76. The van der Waals surface area contributed by atoms with Crippen molar-refractivity contribution in [1.82, 2.24) is 9.97 Å². The molecule has 0 saturated carbocycles. The van der Waals surface area contributed by atoms with Crippen LogP contribution in [-0.2, 0) is 6.54 Å². The van der Waals surface area contributed by atoms with Crippen LogP contribution in [0.25, 0.3) is 10.9 Å². The van der Waals surface area contributed by atoms with E-state index in [0.29, 0.717) is 33.2 Å². The lowest BCUT2D eigenvalue weighted by Crippen LogP contribution is -2.07. The Morgan fingerprint density at radius 1 is 1.26 bits per heavy atom. The van der Waals surface area contributed by atoms with E-state index in [1.165, 1.54) is 6.33 Å². The molecule has 1 heterocycles. The van der Waals surface area contributed by atoms with Gasteiger partial charge in [-0.2, -0.15) is 0 Å². The van der Waals surface area contributed by atoms with Gasteiger partial charge < -0.3 is 15.0 Å². The molecule has 0 aliphatic carbocycles. The van der Waals surface area contributed by atoms with Crippen molar-refractivity contribution in [3.63, 3.8) is 0 Å². The van der Waals surface area contributed by atoms with Crippen LogP contribution in [0.1, 0.15) is 5.56 Å². The Hall–Kier alpha value is -2.24. The van der Waals surface area contributed by atoms with E-state index in [9.17, 15) is 4.79 Å². The van der Waals surface area contributed by atoms with E-state index in [1.807, 2.05) is 6.07 Å². The molecule has 0 radical (unpaired) electrons. The van der Waals surface area contributed by atoms with Gasteiger partial charge in [0.25, 0.3) is 5.56 Å². The lowest BCUT2D eigenvalue weighted by Gasteiger charge is -2.12. The van der Waals surface area contributed by atoms with Crippen molar-refractivity contribution in [3.8, 4) is 5.75 Å². The van der Waals surface area contributed by atoms with Crippen LogP contribution in [0.4, 0.5) is 5.69 Å². The Bertz CT molecular complexity index is 925. The number of hydrogen-bond acceptors (Lipinski definition) is 4. The smallest absolute Gasteiger partial charge is 0.258 e. The number of benzene rings is 2. The number of nitrogens with zero attached hydrogens (tertiary/aromatic N) is 1. The summed E-state index contributed by atoms with van der Waals surface area (Å²) in [5.41, 5.74) is 2.10. The molecule has 0 bridgehead atoms. The normalized spacial score (nSPS) is 10.7. The summed E-state index contributed by atoms with van der Waals surface area (Å²) in [6, 6.07) is 8.79. The Kier molecular flexibility index (Phi) is 4.41. The maximum absolute atomic E-state index is 11.7. The highest BCUT2D eigenvalue weighted by Gasteiger charge is 2.09. The number of fused-ring (bicyclic) bond motifs is 1. The van der Waals surface area contributed by atoms with Crippen LogP contribution in [0.15, 0.2) is 41.5 Å². The monoisotopic (exact) mass is 349 g/mol. The molecule has 5 nitrogen and oxygen atoms in total. The highest BCUT2D eigenvalue weighted by molar-refractivity contribution is 6.34. The third kappa shape index (κ3) is 3.25. The van der Waals surface area contributed by atoms with Gasteiger partial charge in [0.05, 0.1) is 29.4 Å². The minimum absolute atomic E-state index is 0.163. The SMILES string of the molecule is COc1cc(Cl)cc(CNc2ccc3c(=O)[nH]cnc3c2)c1Cl. The third-order valence-electron chi connectivity index (χ3n) is 3.42. The quantitative estimate of drug-likeness (QED) is 0.750. The second-order valence-electron chi connectivity index (χ2n) is 4.90. The first kappa shape index (κ1) is 15.6. The maximum atomic E-state index is 11.7. The van der Waals surface area contributed by atoms with Crippen LogP contribution in [0.5, 0.6) is 5.75 Å². The lowest BCUT2D eigenvalue weighted by molar-refractivity contribution is 0.414. The number of methoxy groups -OCH3 is 1. The predicted octanol–water partition coefficient (Wildman–Crippen LogP) is 3.85. The molecule has 23 heavy (non-hydrogen) atoms. The van der Waals surface area contributed by atoms with Crippen molar-refractivity contribution < 1.29 is 4.74 Å². The van der Waals surface area contributed by atoms with Crippen LogP contribution in [0.3, 0.4) is 0 Å². The molecule has 1 aromatic heterocycles. The fourth-order valence-electron chi connectivity index (χ4n) is 2.27. The Morgan fingerprint density at radius 3 is 2.87 bits per heavy atom. The molecule has 0 aliphatic rings. The van der Waals surface area contributed by atoms with E-state index >= 15 is 0 Å². The summed E-state index contributed by atoms with van der Waals surface area (Å²) in [6.07, 6.45) is 1.38. The van der Waals surface area contributed by atoms with E-state index in [0.717, 1.165) is 11.3 Å². The fraction of sp³-hybridized carbons (Fsp3) is 0.125. The summed E-state index contributed by atoms with van der Waals surface area (Å²) < 4.78 is 5.20. The van der Waals surface area contributed by atoms with Gasteiger partial charge >= 0.3 is 0 Å². The number of halogens is 2. The third-order valence-corrected chi connectivity index (χ3v) is 4.07. The number of aromatic nitrogens is 2. The second kappa shape index (κ2) is 6.48. The minimum Gasteiger partial charge on any atom is -0.495 e. The maximum Gasteiger partial charge on any atom is 0.258 e. The molecular formula is C16H13Cl2N3O2. The summed E-state index contributed by atoms with van der Waals surface area (Å²) in [4.78, 5) is 18.4. The van der Waals surface area contributed by atoms with E-state index in [4.69, 9.17) is 27.9 Å². The summed E-state index contributed by atoms with van der Waals surface area (Å²) in [5.74, 6) is 0.530. The van der Waals surface area contributed by atoms with Gasteiger partial charge in [0.2, 0.25) is 0 Å². The molecule has 118 valence electrons. The number of anilines is 1. The van der Waals surface area contributed by atoms with Gasteiger partial charge in [-0.25, -0.2) is 4.98 Å². The molecule has 0 amide bonds. The molecule has 0 spiro atoms. The number of nitrogens with one attached hydrogen (secondary N) is 2. The van der Waals surface area contributed by atoms with Gasteiger partial charge in [-0.15, -0.1) is 0 Å². The Labute approximate surface area is 142 Å². The summed E-state index contributed by atoms with van der Waals surface area (Å²) in [5, 5.41) is 4.85. The summed E-state index contributed by atoms with van der Waals surface area (Å²) in [7, 11) is 1.54. The first-order chi connectivity index (χ1) is 11.1. The standard InChI is InChI=1S/C16H13Cl2N3O2/c1-23-14-5-10(17)4-9(15(14)18)7-19-11-2-3-12-13(6-11)20-8-21-16(12)22/h2-6,8,19H,7H2,1H3,(H,20,21,22). The lowest BCUT2D eigenvalue weighted by atomic mass is 10.2. The zero-order valence-corrected chi connectivity index (χ0v) is 13.7. The molecule has 7 heteroatoms. The zero-order valence-electron chi connectivity index (χ0n) is 12.2. The van der Waals surface area contributed by atoms with Crippen molar-refractivity contribution in [2.45, 2.75) is 6.54 Å². The molecule has 2 N–H and O–H groups in total. The molecule has 0 saturated heterocycles. The number of rotatable bonds is 4. The van der Waals surface area contributed by atoms with Crippen LogP contribution in [0, 0.1) is 0 Å². The van der Waals surface area contributed by atoms with Gasteiger partial charge in [-0.1, -0.05) is 23.2 Å². The largest absolute Gasteiger partial charge is 0.495 e. The van der Waals surface area contributed by atoms with Crippen molar-refractivity contribution >= 4 is 39.8 Å². The van der Waals surface area contributed by atoms with Crippen LogP contribution < -0.4 is 15.6 Å². The predicted molar refractivity (Wildman–Crippen MR) is 92.7 cm³/mol. The van der Waals surface area contributed by atoms with Gasteiger partial charge in [0.15, 0.2) is 0 Å². The topological polar surface area (TPSA) is 67.0 Å². The van der Waals surface area contributed by atoms with Crippen LogP contribution in [0.2, 0.25) is 10.0 Å². The zero-order chi connectivity index (χ0) is 16.4. The minimum atomic E-state index is -0.163. The van der Waals surface area contributed by atoms with E-state index < -0.39 is 0 Å². The van der Waals surface area contributed by atoms with Crippen molar-refractivity contribution in [3.05, 3.63) is 62.6 Å².